The van der Waals surface area contributed by atoms with Crippen LogP contribution >= 0.6 is 0 Å². The SMILES string of the molecule is NC1=NC2(CCO1)c1cc(-c3cccnc3)ccc1Oc1cnc(C3=CCOCC3)cc12. The Hall–Kier alpha value is -3.71. The summed E-state index contributed by atoms with van der Waals surface area (Å²) < 4.78 is 17.3. The second-order valence-electron chi connectivity index (χ2n) is 8.08. The monoisotopic (exact) mass is 426 g/mol. The van der Waals surface area contributed by atoms with E-state index in [9.17, 15) is 0 Å². The van der Waals surface area contributed by atoms with Crippen LogP contribution in [0.2, 0.25) is 0 Å². The van der Waals surface area contributed by atoms with E-state index in [0.717, 1.165) is 40.1 Å². The maximum atomic E-state index is 6.30. The average Bonchev–Trinajstić information content (AvgIpc) is 2.85. The second-order valence-corrected chi connectivity index (χ2v) is 8.08. The minimum Gasteiger partial charge on any atom is -0.465 e. The molecule has 0 bridgehead atoms. The van der Waals surface area contributed by atoms with Gasteiger partial charge in [0.15, 0.2) is 5.75 Å². The quantitative estimate of drug-likeness (QED) is 0.665. The van der Waals surface area contributed by atoms with E-state index in [1.165, 1.54) is 5.57 Å². The molecule has 3 aromatic rings. The molecular weight excluding hydrogens is 404 g/mol. The molecule has 5 heterocycles. The third-order valence-electron chi connectivity index (χ3n) is 6.26. The molecule has 1 unspecified atom stereocenters. The summed E-state index contributed by atoms with van der Waals surface area (Å²) in [5, 5.41) is 0. The Morgan fingerprint density at radius 1 is 0.969 bits per heavy atom. The first kappa shape index (κ1) is 19.0. The van der Waals surface area contributed by atoms with Crippen molar-refractivity contribution in [1.82, 2.24) is 9.97 Å². The van der Waals surface area contributed by atoms with Crippen molar-refractivity contribution in [3.05, 3.63) is 77.9 Å². The first-order valence-corrected chi connectivity index (χ1v) is 10.7. The van der Waals surface area contributed by atoms with Crippen LogP contribution in [0.25, 0.3) is 16.7 Å². The lowest BCUT2D eigenvalue weighted by molar-refractivity contribution is 0.161. The Kier molecular flexibility index (Phi) is 4.43. The van der Waals surface area contributed by atoms with Crippen molar-refractivity contribution in [3.8, 4) is 22.6 Å². The fraction of sp³-hybridized carbons (Fsp3) is 0.240. The van der Waals surface area contributed by atoms with Crippen LogP contribution in [0.1, 0.15) is 29.7 Å². The number of nitrogens with zero attached hydrogens (tertiary/aromatic N) is 3. The fourth-order valence-electron chi connectivity index (χ4n) is 4.67. The molecule has 2 aromatic heterocycles. The molecule has 160 valence electrons. The summed E-state index contributed by atoms with van der Waals surface area (Å²) in [6.07, 6.45) is 8.99. The summed E-state index contributed by atoms with van der Waals surface area (Å²) >= 11 is 0. The number of hydrogen-bond donors (Lipinski definition) is 1. The van der Waals surface area contributed by atoms with Crippen molar-refractivity contribution in [2.75, 3.05) is 19.8 Å². The number of amidine groups is 1. The lowest BCUT2D eigenvalue weighted by Crippen LogP contribution is -2.38. The lowest BCUT2D eigenvalue weighted by Gasteiger charge is -2.39. The van der Waals surface area contributed by atoms with Crippen molar-refractivity contribution in [2.45, 2.75) is 18.4 Å². The van der Waals surface area contributed by atoms with Gasteiger partial charge in [0.2, 0.25) is 0 Å². The zero-order chi connectivity index (χ0) is 21.5. The van der Waals surface area contributed by atoms with Gasteiger partial charge in [0.25, 0.3) is 6.02 Å². The van der Waals surface area contributed by atoms with Gasteiger partial charge < -0.3 is 19.9 Å². The molecule has 7 nitrogen and oxygen atoms in total. The summed E-state index contributed by atoms with van der Waals surface area (Å²) in [6, 6.07) is 12.4. The van der Waals surface area contributed by atoms with Crippen molar-refractivity contribution >= 4 is 11.6 Å². The molecule has 3 aliphatic heterocycles. The van der Waals surface area contributed by atoms with Gasteiger partial charge in [0.05, 0.1) is 31.7 Å². The van der Waals surface area contributed by atoms with Crippen LogP contribution in [-0.2, 0) is 15.0 Å². The van der Waals surface area contributed by atoms with E-state index in [4.69, 9.17) is 24.9 Å². The summed E-state index contributed by atoms with van der Waals surface area (Å²) in [6.45, 7) is 1.77. The highest BCUT2D eigenvalue weighted by Crippen LogP contribution is 2.52. The van der Waals surface area contributed by atoms with Gasteiger partial charge in [-0.3, -0.25) is 9.97 Å². The fourth-order valence-corrected chi connectivity index (χ4v) is 4.67. The van der Waals surface area contributed by atoms with Crippen LogP contribution in [0.15, 0.2) is 66.1 Å². The molecule has 0 saturated heterocycles. The van der Waals surface area contributed by atoms with E-state index in [0.29, 0.717) is 32.0 Å². The summed E-state index contributed by atoms with van der Waals surface area (Å²) in [5.41, 5.74) is 11.5. The smallest absolute Gasteiger partial charge is 0.283 e. The summed E-state index contributed by atoms with van der Waals surface area (Å²) in [7, 11) is 0. The lowest BCUT2D eigenvalue weighted by atomic mass is 9.77. The largest absolute Gasteiger partial charge is 0.465 e. The molecule has 0 saturated carbocycles. The van der Waals surface area contributed by atoms with Gasteiger partial charge in [0, 0.05) is 35.5 Å². The zero-order valence-corrected chi connectivity index (χ0v) is 17.5. The van der Waals surface area contributed by atoms with Crippen molar-refractivity contribution in [1.29, 1.82) is 0 Å². The summed E-state index contributed by atoms with van der Waals surface area (Å²) in [5.74, 6) is 1.45. The van der Waals surface area contributed by atoms with Gasteiger partial charge in [-0.25, -0.2) is 4.99 Å². The highest BCUT2D eigenvalue weighted by Gasteiger charge is 2.45. The van der Waals surface area contributed by atoms with Crippen LogP contribution in [0.3, 0.4) is 0 Å². The number of aliphatic imine (C=N–C) groups is 1. The van der Waals surface area contributed by atoms with Crippen LogP contribution in [-0.4, -0.2) is 35.8 Å². The molecule has 7 heteroatoms. The van der Waals surface area contributed by atoms with Gasteiger partial charge in [-0.05, 0) is 41.8 Å². The standard InChI is InChI=1S/C25H22N4O3/c26-24-29-25(7-11-31-24)19-12-17(18-2-1-8-27-14-18)3-4-22(19)32-23-15-28-21(13-20(23)25)16-5-9-30-10-6-16/h1-5,8,12-15H,6-7,9-11H2,(H2,26,29). The van der Waals surface area contributed by atoms with E-state index in [2.05, 4.69) is 28.2 Å². The number of hydrogen-bond acceptors (Lipinski definition) is 7. The van der Waals surface area contributed by atoms with Gasteiger partial charge in [-0.15, -0.1) is 0 Å². The van der Waals surface area contributed by atoms with Crippen molar-refractivity contribution in [2.24, 2.45) is 10.7 Å². The first-order chi connectivity index (χ1) is 15.7. The van der Waals surface area contributed by atoms with Gasteiger partial charge in [-0.1, -0.05) is 18.2 Å². The minimum atomic E-state index is -0.702. The van der Waals surface area contributed by atoms with E-state index in [-0.39, 0.29) is 6.02 Å². The Balaban J connectivity index is 1.55. The van der Waals surface area contributed by atoms with E-state index >= 15 is 0 Å². The van der Waals surface area contributed by atoms with E-state index < -0.39 is 5.54 Å². The topological polar surface area (TPSA) is 91.9 Å². The number of ether oxygens (including phenoxy) is 3. The molecule has 3 aliphatic rings. The van der Waals surface area contributed by atoms with Crippen molar-refractivity contribution in [3.63, 3.8) is 0 Å². The Morgan fingerprint density at radius 3 is 2.72 bits per heavy atom. The first-order valence-electron chi connectivity index (χ1n) is 10.7. The number of benzene rings is 1. The third kappa shape index (κ3) is 3.05. The molecule has 1 atom stereocenters. The van der Waals surface area contributed by atoms with Crippen LogP contribution in [0, 0.1) is 0 Å². The molecular formula is C25H22N4O3. The molecule has 1 aromatic carbocycles. The maximum absolute atomic E-state index is 6.30. The Labute approximate surface area is 185 Å². The van der Waals surface area contributed by atoms with Crippen LogP contribution < -0.4 is 10.5 Å². The predicted molar refractivity (Wildman–Crippen MR) is 120 cm³/mol. The normalized spacial score (nSPS) is 21.5. The predicted octanol–water partition coefficient (Wildman–Crippen LogP) is 4.03. The minimum absolute atomic E-state index is 0.186. The number of fused-ring (bicyclic) bond motifs is 4. The highest BCUT2D eigenvalue weighted by atomic mass is 16.5. The van der Waals surface area contributed by atoms with Crippen molar-refractivity contribution < 1.29 is 14.2 Å². The highest BCUT2D eigenvalue weighted by molar-refractivity contribution is 5.76. The Morgan fingerprint density at radius 2 is 1.91 bits per heavy atom. The molecule has 6 rings (SSSR count). The maximum Gasteiger partial charge on any atom is 0.283 e. The van der Waals surface area contributed by atoms with E-state index in [1.807, 2.05) is 30.5 Å². The van der Waals surface area contributed by atoms with Crippen LogP contribution in [0.5, 0.6) is 11.5 Å². The molecule has 2 N–H and O–H groups in total. The number of rotatable bonds is 2. The van der Waals surface area contributed by atoms with Crippen LogP contribution in [0.4, 0.5) is 0 Å². The van der Waals surface area contributed by atoms with E-state index in [1.54, 1.807) is 12.4 Å². The molecule has 0 amide bonds. The summed E-state index contributed by atoms with van der Waals surface area (Å²) in [4.78, 5) is 13.8. The number of aromatic nitrogens is 2. The van der Waals surface area contributed by atoms with Gasteiger partial charge in [0.1, 0.15) is 11.3 Å². The molecule has 0 aliphatic carbocycles. The Bertz CT molecular complexity index is 1260. The second kappa shape index (κ2) is 7.46. The molecule has 1 spiro atoms. The number of nitrogens with two attached hydrogens (primary N) is 1. The third-order valence-corrected chi connectivity index (χ3v) is 6.26. The molecule has 0 radical (unpaired) electrons. The van der Waals surface area contributed by atoms with Gasteiger partial charge in [-0.2, -0.15) is 0 Å². The molecule has 0 fully saturated rings. The average molecular weight is 426 g/mol. The zero-order valence-electron chi connectivity index (χ0n) is 17.5. The molecule has 32 heavy (non-hydrogen) atoms. The number of pyridine rings is 2. The van der Waals surface area contributed by atoms with Gasteiger partial charge >= 0.3 is 0 Å².